The van der Waals surface area contributed by atoms with Gasteiger partial charge in [-0.3, -0.25) is 43.0 Å². The van der Waals surface area contributed by atoms with Crippen LogP contribution in [0, 0.1) is 12.3 Å². The van der Waals surface area contributed by atoms with Crippen LogP contribution in [-0.2, 0) is 74.4 Å². The third-order valence-corrected chi connectivity index (χ3v) is 18.7. The number of β-amino-alcohol motifs (C(OH)–C–C–N with tert-alkyl or cyclic N) is 1. The fourth-order valence-electron chi connectivity index (χ4n) is 11.6. The van der Waals surface area contributed by atoms with Crippen molar-refractivity contribution in [2.45, 2.75) is 173 Å². The van der Waals surface area contributed by atoms with Crippen molar-refractivity contribution in [3.05, 3.63) is 147 Å². The number of halogens is 2. The van der Waals surface area contributed by atoms with E-state index < -0.39 is 96.2 Å². The number of nitrogens with two attached hydrogens (primary N) is 1. The predicted octanol–water partition coefficient (Wildman–Crippen LogP) is 7.58. The number of hydrogen-bond acceptors (Lipinski definition) is 12. The van der Waals surface area contributed by atoms with Gasteiger partial charge in [0.15, 0.2) is 0 Å². The van der Waals surface area contributed by atoms with Crippen LogP contribution in [0.25, 0.3) is 16.0 Å². The van der Waals surface area contributed by atoms with Crippen LogP contribution in [0.2, 0.25) is 0 Å². The summed E-state index contributed by atoms with van der Waals surface area (Å²) >= 11 is 1.56. The Labute approximate surface area is 520 Å². The molecule has 1 aromatic heterocycles. The van der Waals surface area contributed by atoms with E-state index >= 15 is 0 Å². The van der Waals surface area contributed by atoms with E-state index in [2.05, 4.69) is 26.3 Å². The van der Waals surface area contributed by atoms with Crippen molar-refractivity contribution in [1.29, 1.82) is 0 Å². The van der Waals surface area contributed by atoms with Gasteiger partial charge in [-0.15, -0.1) is 11.3 Å². The number of nitrogens with zero attached hydrogens (tertiary/aromatic N) is 3. The second-order valence-electron chi connectivity index (χ2n) is 24.5. The molecule has 8 atom stereocenters. The first kappa shape index (κ1) is 67.4. The van der Waals surface area contributed by atoms with E-state index in [1.165, 1.54) is 34.9 Å². The second kappa shape index (κ2) is 28.5. The van der Waals surface area contributed by atoms with Gasteiger partial charge in [0.25, 0.3) is 0 Å². The van der Waals surface area contributed by atoms with Crippen molar-refractivity contribution < 1.29 is 66.5 Å². The number of aryl methyl sites for hydroxylation is 3. The van der Waals surface area contributed by atoms with Gasteiger partial charge in [0.2, 0.25) is 41.4 Å². The lowest BCUT2D eigenvalue weighted by Crippen LogP contribution is -2.57. The van der Waals surface area contributed by atoms with Gasteiger partial charge < -0.3 is 51.5 Å². The molecule has 20 nitrogen and oxygen atoms in total. The van der Waals surface area contributed by atoms with E-state index in [0.717, 1.165) is 56.1 Å². The minimum Gasteiger partial charge on any atom is -0.391 e. The highest BCUT2D eigenvalue weighted by molar-refractivity contribution is 7.52. The summed E-state index contributed by atoms with van der Waals surface area (Å²) in [4.78, 5) is 122. The Morgan fingerprint density at radius 3 is 2.18 bits per heavy atom. The number of primary amides is 1. The lowest BCUT2D eigenvalue weighted by molar-refractivity contribution is -0.144. The third-order valence-electron chi connectivity index (χ3n) is 16.7. The fourth-order valence-corrected chi connectivity index (χ4v) is 12.9. The summed E-state index contributed by atoms with van der Waals surface area (Å²) in [5.74, 6) is -3.41. The average Bonchev–Trinajstić information content (AvgIpc) is 1.68. The molecule has 0 aliphatic carbocycles. The molecule has 4 heterocycles. The van der Waals surface area contributed by atoms with E-state index in [1.807, 2.05) is 101 Å². The lowest BCUT2D eigenvalue weighted by Gasteiger charge is -2.35. The number of aromatic nitrogens is 1. The van der Waals surface area contributed by atoms with Crippen molar-refractivity contribution >= 4 is 71.5 Å². The number of carbonyl (C=O) groups excluding carboxylic acids is 7. The number of rotatable bonds is 25. The number of nitrogens with one attached hydrogen (secondary N) is 4. The number of para-hydroxylation sites is 1. The maximum absolute atomic E-state index is 14.5. The number of benzene rings is 4. The molecule has 5 aromatic rings. The molecule has 89 heavy (non-hydrogen) atoms. The van der Waals surface area contributed by atoms with Gasteiger partial charge in [-0.25, -0.2) is 4.98 Å². The maximum Gasteiger partial charge on any atom is 0.399 e. The number of unbranched alkanes of at least 4 members (excludes halogenated alkanes) is 1. The minimum atomic E-state index is -5.79. The van der Waals surface area contributed by atoms with Gasteiger partial charge in [0, 0.05) is 43.9 Å². The molecule has 3 aliphatic rings. The molecule has 7 amide bonds. The van der Waals surface area contributed by atoms with Crippen LogP contribution in [0.15, 0.2) is 103 Å². The molecular weight excluding hydrogens is 1190 g/mol. The molecule has 0 bridgehead atoms. The summed E-state index contributed by atoms with van der Waals surface area (Å²) in [6.45, 7) is 12.8. The summed E-state index contributed by atoms with van der Waals surface area (Å²) in [5.41, 5.74) is 8.85. The number of alkyl halides is 2. The van der Waals surface area contributed by atoms with Crippen LogP contribution < -0.4 is 31.9 Å². The van der Waals surface area contributed by atoms with Crippen LogP contribution in [0.3, 0.4) is 0 Å². The van der Waals surface area contributed by atoms with Crippen molar-refractivity contribution in [2.75, 3.05) is 11.4 Å². The zero-order valence-electron chi connectivity index (χ0n) is 51.0. The Hall–Kier alpha value is -7.53. The highest BCUT2D eigenvalue weighted by Crippen LogP contribution is 2.59. The van der Waals surface area contributed by atoms with E-state index in [1.54, 1.807) is 23.8 Å². The quantitative estimate of drug-likeness (QED) is 0.0159. The van der Waals surface area contributed by atoms with Crippen molar-refractivity contribution in [3.63, 3.8) is 0 Å². The number of amides is 7. The summed E-state index contributed by atoms with van der Waals surface area (Å²) < 4.78 is 46.2. The van der Waals surface area contributed by atoms with Crippen molar-refractivity contribution in [1.82, 2.24) is 31.2 Å². The largest absolute Gasteiger partial charge is 0.399 e. The monoisotopic (exact) mass is 1260 g/mol. The van der Waals surface area contributed by atoms with Gasteiger partial charge in [-0.1, -0.05) is 112 Å². The number of hydrogen-bond donors (Lipinski definition) is 8. The van der Waals surface area contributed by atoms with E-state index in [4.69, 9.17) is 20.3 Å². The first-order valence-electron chi connectivity index (χ1n) is 29.8. The number of aliphatic hydroxyl groups excluding tert-OH is 1. The first-order valence-corrected chi connectivity index (χ1v) is 32.3. The fraction of sp³-hybridized carbons (Fsp3) is 0.446. The Morgan fingerprint density at radius 1 is 0.876 bits per heavy atom. The standard InChI is InChI=1S/C65H79F2N8O12PS/c1-37(43-23-26-48(27-24-43)65(66,67)88(84,85)86)31-56(79)71-51-28-25-45-12-10-13-47-32-53(75(57(45)47)62(51)82)61(81)72-50(29-30-54(68)77)40(4)87-35-42-17-15-41(16-18-42)11-8-9-14-55(78)73-59(64(5,6)7)63(83)74-34-49(76)33-52(74)60(80)70-38(2)44-19-21-46(22-20-44)58-39(3)69-36-89-58/h10,12-13,15-24,26-27,31,36,38,40,49-53,59,76H,8-9,11,14,25,28-30,32-35H2,1-7H3,(H2,68,77)(H,70,80)(H,71,79)(H,72,81)(H,73,78)(H2,84,85,86)/b37-31+/t38-,40+,49+,50-,51-,52-,53-,59+/m0/s1. The molecule has 476 valence electrons. The normalized spacial score (nSPS) is 19.1. The van der Waals surface area contributed by atoms with Crippen LogP contribution in [0.1, 0.15) is 137 Å². The topological polar surface area (TPSA) is 300 Å². The summed E-state index contributed by atoms with van der Waals surface area (Å²) in [5, 5.41) is 22.5. The van der Waals surface area contributed by atoms with Crippen LogP contribution in [0.5, 0.6) is 0 Å². The Balaban J connectivity index is 0.814. The Kier molecular flexibility index (Phi) is 21.6. The third kappa shape index (κ3) is 16.5. The molecule has 1 fully saturated rings. The van der Waals surface area contributed by atoms with Gasteiger partial charge in [0.05, 0.1) is 52.7 Å². The van der Waals surface area contributed by atoms with E-state index in [-0.39, 0.29) is 69.5 Å². The highest BCUT2D eigenvalue weighted by atomic mass is 32.1. The lowest BCUT2D eigenvalue weighted by atomic mass is 9.85. The molecule has 24 heteroatoms. The molecule has 0 unspecified atom stereocenters. The number of likely N-dealkylation sites (tertiary alicyclic amines) is 1. The summed E-state index contributed by atoms with van der Waals surface area (Å²) in [7, 11) is -5.79. The van der Waals surface area contributed by atoms with Gasteiger partial charge in [0.1, 0.15) is 24.2 Å². The van der Waals surface area contributed by atoms with Gasteiger partial charge >= 0.3 is 13.3 Å². The molecule has 9 N–H and O–H groups in total. The zero-order valence-corrected chi connectivity index (χ0v) is 52.7. The number of carbonyl (C=O) groups is 7. The number of thiazole rings is 1. The van der Waals surface area contributed by atoms with Crippen LogP contribution in [0.4, 0.5) is 14.5 Å². The highest BCUT2D eigenvalue weighted by Gasteiger charge is 2.51. The van der Waals surface area contributed by atoms with E-state index in [0.29, 0.717) is 42.5 Å². The maximum atomic E-state index is 14.5. The summed E-state index contributed by atoms with van der Waals surface area (Å²) in [6, 6.07) is 20.2. The first-order chi connectivity index (χ1) is 42.0. The molecule has 8 rings (SSSR count). The van der Waals surface area contributed by atoms with E-state index in [9.17, 15) is 52.0 Å². The predicted molar refractivity (Wildman–Crippen MR) is 333 cm³/mol. The van der Waals surface area contributed by atoms with Crippen molar-refractivity contribution in [2.24, 2.45) is 11.1 Å². The molecular formula is C65H79F2N8O12PS. The number of allylic oxidation sites excluding steroid dienone is 1. The SMILES string of the molecule is C/C(=C\C(=O)N[C@H]1CCc2cccc3c2N(C1=O)[C@H](C(=O)N[C@@H](CCC(N)=O)[C@@H](C)OCc1ccc(CCCCC(=O)N[C@H](C(=O)N2C[C@H](O)C[C@H]2C(=O)N[C@@H](C)c2ccc(-c4scnc4C)cc2)C(C)(C)C)cc1)C3)c1ccc(C(F)(F)P(=O)(O)O)cc1. The molecule has 3 aliphatic heterocycles. The smallest absolute Gasteiger partial charge is 0.391 e. The number of ether oxygens (including phenoxy) is 1. The van der Waals surface area contributed by atoms with Crippen molar-refractivity contribution in [3.8, 4) is 10.4 Å². The number of anilines is 1. The molecule has 4 aromatic carbocycles. The zero-order chi connectivity index (χ0) is 64.7. The second-order valence-corrected chi connectivity index (χ2v) is 27.0. The average molecular weight is 1270 g/mol. The minimum absolute atomic E-state index is 0.0391. The Morgan fingerprint density at radius 2 is 1.54 bits per heavy atom. The van der Waals surface area contributed by atoms with Crippen LogP contribution >= 0.6 is 18.9 Å². The molecule has 1 saturated heterocycles. The molecule has 0 radical (unpaired) electrons. The molecule has 0 saturated carbocycles. The number of aliphatic hydroxyl groups is 1. The summed E-state index contributed by atoms with van der Waals surface area (Å²) in [6.07, 6.45) is 2.57. The Bertz CT molecular complexity index is 3500. The van der Waals surface area contributed by atoms with Gasteiger partial charge in [-0.2, -0.15) is 8.78 Å². The molecule has 0 spiro atoms. The van der Waals surface area contributed by atoms with Crippen LogP contribution in [-0.4, -0.2) is 115 Å². The van der Waals surface area contributed by atoms with Gasteiger partial charge in [-0.05, 0) is 116 Å².